The predicted molar refractivity (Wildman–Crippen MR) is 97.8 cm³/mol. The molecule has 0 atom stereocenters. The summed E-state index contributed by atoms with van der Waals surface area (Å²) in [6.07, 6.45) is 0. The number of hydrogen-bond donors (Lipinski definition) is 1. The third-order valence-electron chi connectivity index (χ3n) is 4.06. The van der Waals surface area contributed by atoms with Crippen molar-refractivity contribution in [1.82, 2.24) is 0 Å². The molecule has 0 aliphatic carbocycles. The van der Waals surface area contributed by atoms with Crippen LogP contribution in [0, 0.1) is 32.8 Å². The molecule has 0 aromatic heterocycles. The highest BCUT2D eigenvalue weighted by Crippen LogP contribution is 2.37. The quantitative estimate of drug-likeness (QED) is 0.434. The number of anilines is 1. The van der Waals surface area contributed by atoms with Gasteiger partial charge in [-0.2, -0.15) is 10.5 Å². The molecule has 3 aromatic rings. The van der Waals surface area contributed by atoms with Crippen LogP contribution in [-0.4, -0.2) is 4.92 Å². The Kier molecular flexibility index (Phi) is 4.34. The molecule has 0 heterocycles. The predicted octanol–water partition coefficient (Wildman–Crippen LogP) is 4.25. The van der Waals surface area contributed by atoms with Gasteiger partial charge in [0.15, 0.2) is 0 Å². The number of nitrogens with two attached hydrogens (primary N) is 1. The lowest BCUT2D eigenvalue weighted by atomic mass is 9.89. The molecule has 6 heteroatoms. The first-order chi connectivity index (χ1) is 12.6. The Hall–Kier alpha value is -4.16. The summed E-state index contributed by atoms with van der Waals surface area (Å²) in [5, 5.41) is 29.9. The van der Waals surface area contributed by atoms with Gasteiger partial charge in [0.2, 0.25) is 0 Å². The normalized spacial score (nSPS) is 9.92. The minimum absolute atomic E-state index is 0.0443. The molecule has 26 heavy (non-hydrogen) atoms. The number of nitrogen functional groups attached to an aromatic ring is 1. The standard InChI is InChI=1S/C20H12N4O2/c21-11-18-16(13-4-2-1-3-5-13)10-17(19(12-22)20(18)23)14-6-8-15(9-7-14)24(25)26/h1-10H,23H2. The topological polar surface area (TPSA) is 117 Å². The van der Waals surface area contributed by atoms with Gasteiger partial charge in [-0.25, -0.2) is 0 Å². The second kappa shape index (κ2) is 6.76. The van der Waals surface area contributed by atoms with Crippen molar-refractivity contribution >= 4 is 11.4 Å². The smallest absolute Gasteiger partial charge is 0.269 e. The molecule has 0 aliphatic rings. The zero-order valence-electron chi connectivity index (χ0n) is 13.5. The van der Waals surface area contributed by atoms with Crippen LogP contribution in [0.5, 0.6) is 0 Å². The molecule has 0 bridgehead atoms. The molecule has 2 N–H and O–H groups in total. The van der Waals surface area contributed by atoms with Gasteiger partial charge in [0.1, 0.15) is 12.1 Å². The number of non-ortho nitro benzene ring substituents is 1. The van der Waals surface area contributed by atoms with Crippen molar-refractivity contribution in [1.29, 1.82) is 10.5 Å². The molecule has 0 saturated heterocycles. The summed E-state index contributed by atoms with van der Waals surface area (Å²) in [7, 11) is 0. The van der Waals surface area contributed by atoms with Crippen LogP contribution >= 0.6 is 0 Å². The minimum atomic E-state index is -0.489. The molecule has 0 aliphatic heterocycles. The fourth-order valence-corrected chi connectivity index (χ4v) is 2.78. The summed E-state index contributed by atoms with van der Waals surface area (Å²) in [5.74, 6) is 0. The van der Waals surface area contributed by atoms with Crippen LogP contribution in [-0.2, 0) is 0 Å². The monoisotopic (exact) mass is 340 g/mol. The van der Waals surface area contributed by atoms with E-state index >= 15 is 0 Å². The molecular weight excluding hydrogens is 328 g/mol. The Morgan fingerprint density at radius 2 is 1.35 bits per heavy atom. The lowest BCUT2D eigenvalue weighted by Gasteiger charge is -2.13. The van der Waals surface area contributed by atoms with Crippen molar-refractivity contribution in [2.24, 2.45) is 0 Å². The van der Waals surface area contributed by atoms with E-state index in [1.807, 2.05) is 36.4 Å². The third-order valence-corrected chi connectivity index (χ3v) is 4.06. The maximum Gasteiger partial charge on any atom is 0.269 e. The number of nitrogens with zero attached hydrogens (tertiary/aromatic N) is 3. The molecule has 0 unspecified atom stereocenters. The zero-order valence-corrected chi connectivity index (χ0v) is 13.5. The molecule has 6 nitrogen and oxygen atoms in total. The molecule has 3 rings (SSSR count). The first kappa shape index (κ1) is 16.7. The molecule has 0 saturated carbocycles. The van der Waals surface area contributed by atoms with Crippen LogP contribution in [0.1, 0.15) is 11.1 Å². The summed E-state index contributed by atoms with van der Waals surface area (Å²) >= 11 is 0. The van der Waals surface area contributed by atoms with Crippen LogP contribution in [0.25, 0.3) is 22.3 Å². The number of rotatable bonds is 3. The van der Waals surface area contributed by atoms with Gasteiger partial charge in [0, 0.05) is 23.3 Å². The third kappa shape index (κ3) is 2.83. The van der Waals surface area contributed by atoms with Gasteiger partial charge in [-0.15, -0.1) is 0 Å². The van der Waals surface area contributed by atoms with Gasteiger partial charge >= 0.3 is 0 Å². The minimum Gasteiger partial charge on any atom is -0.397 e. The number of nitriles is 2. The fraction of sp³-hybridized carbons (Fsp3) is 0. The molecule has 0 radical (unpaired) electrons. The van der Waals surface area contributed by atoms with Crippen molar-refractivity contribution in [3.63, 3.8) is 0 Å². The summed E-state index contributed by atoms with van der Waals surface area (Å²) in [5.41, 5.74) is 9.11. The first-order valence-corrected chi connectivity index (χ1v) is 7.63. The second-order valence-corrected chi connectivity index (χ2v) is 5.53. The van der Waals surface area contributed by atoms with Crippen molar-refractivity contribution in [2.75, 3.05) is 5.73 Å². The summed E-state index contributed by atoms with van der Waals surface area (Å²) in [6, 6.07) is 21.0. The van der Waals surface area contributed by atoms with E-state index in [2.05, 4.69) is 6.07 Å². The van der Waals surface area contributed by atoms with E-state index in [4.69, 9.17) is 5.73 Å². The molecule has 124 valence electrons. The average molecular weight is 340 g/mol. The number of hydrogen-bond acceptors (Lipinski definition) is 5. The van der Waals surface area contributed by atoms with E-state index in [-0.39, 0.29) is 22.5 Å². The van der Waals surface area contributed by atoms with E-state index in [1.54, 1.807) is 18.2 Å². The SMILES string of the molecule is N#Cc1c(-c2ccccc2)cc(-c2ccc([N+](=O)[O-])cc2)c(C#N)c1N. The van der Waals surface area contributed by atoms with Crippen LogP contribution in [0.2, 0.25) is 0 Å². The molecular formula is C20H12N4O2. The highest BCUT2D eigenvalue weighted by Gasteiger charge is 2.18. The maximum atomic E-state index is 10.8. The average Bonchev–Trinajstić information content (AvgIpc) is 2.68. The zero-order chi connectivity index (χ0) is 18.7. The van der Waals surface area contributed by atoms with Gasteiger partial charge in [0.05, 0.1) is 21.7 Å². The molecule has 0 fully saturated rings. The lowest BCUT2D eigenvalue weighted by molar-refractivity contribution is -0.384. The van der Waals surface area contributed by atoms with Gasteiger partial charge in [-0.1, -0.05) is 30.3 Å². The van der Waals surface area contributed by atoms with Crippen LogP contribution in [0.3, 0.4) is 0 Å². The maximum absolute atomic E-state index is 10.8. The summed E-state index contributed by atoms with van der Waals surface area (Å²) in [6.45, 7) is 0. The van der Waals surface area contributed by atoms with Crippen LogP contribution in [0.15, 0.2) is 60.7 Å². The van der Waals surface area contributed by atoms with Crippen molar-refractivity contribution in [3.05, 3.63) is 81.9 Å². The van der Waals surface area contributed by atoms with E-state index in [0.717, 1.165) is 5.56 Å². The number of nitro groups is 1. The fourth-order valence-electron chi connectivity index (χ4n) is 2.78. The van der Waals surface area contributed by atoms with Crippen LogP contribution in [0.4, 0.5) is 11.4 Å². The Labute approximate surface area is 149 Å². The molecule has 0 amide bonds. The van der Waals surface area contributed by atoms with Crippen molar-refractivity contribution in [2.45, 2.75) is 0 Å². The molecule has 0 spiro atoms. The van der Waals surface area contributed by atoms with E-state index < -0.39 is 4.92 Å². The number of benzene rings is 3. The van der Waals surface area contributed by atoms with Crippen molar-refractivity contribution in [3.8, 4) is 34.4 Å². The van der Waals surface area contributed by atoms with Crippen molar-refractivity contribution < 1.29 is 4.92 Å². The molecule has 3 aromatic carbocycles. The second-order valence-electron chi connectivity index (χ2n) is 5.53. The Morgan fingerprint density at radius 3 is 1.81 bits per heavy atom. The Balaban J connectivity index is 2.29. The van der Waals surface area contributed by atoms with Gasteiger partial charge in [-0.3, -0.25) is 10.1 Å². The highest BCUT2D eigenvalue weighted by atomic mass is 16.6. The van der Waals surface area contributed by atoms with E-state index in [1.165, 1.54) is 12.1 Å². The van der Waals surface area contributed by atoms with Gasteiger partial charge in [-0.05, 0) is 29.3 Å². The number of nitro benzene ring substituents is 1. The largest absolute Gasteiger partial charge is 0.397 e. The first-order valence-electron chi connectivity index (χ1n) is 7.63. The van der Waals surface area contributed by atoms with E-state index in [9.17, 15) is 20.6 Å². The Morgan fingerprint density at radius 1 is 0.846 bits per heavy atom. The van der Waals surface area contributed by atoms with E-state index in [0.29, 0.717) is 16.7 Å². The van der Waals surface area contributed by atoms with Gasteiger partial charge in [0.25, 0.3) is 5.69 Å². The highest BCUT2D eigenvalue weighted by molar-refractivity contribution is 5.89. The lowest BCUT2D eigenvalue weighted by Crippen LogP contribution is -2.00. The summed E-state index contributed by atoms with van der Waals surface area (Å²) in [4.78, 5) is 10.4. The summed E-state index contributed by atoms with van der Waals surface area (Å²) < 4.78 is 0. The Bertz CT molecular complexity index is 1080. The van der Waals surface area contributed by atoms with Gasteiger partial charge < -0.3 is 5.73 Å². The van der Waals surface area contributed by atoms with Crippen LogP contribution < -0.4 is 5.73 Å².